The minimum Gasteiger partial charge on any atom is -0.378 e. The first kappa shape index (κ1) is 19.7. The van der Waals surface area contributed by atoms with Gasteiger partial charge < -0.3 is 9.80 Å². The van der Waals surface area contributed by atoms with Crippen LogP contribution in [-0.4, -0.2) is 48.1 Å². The quantitative estimate of drug-likeness (QED) is 0.801. The molecule has 0 radical (unpaired) electrons. The average Bonchev–Trinajstić information content (AvgIpc) is 2.55. The van der Waals surface area contributed by atoms with E-state index >= 15 is 0 Å². The van der Waals surface area contributed by atoms with Crippen molar-refractivity contribution in [3.8, 4) is 0 Å². The van der Waals surface area contributed by atoms with Gasteiger partial charge in [-0.15, -0.1) is 0 Å². The first-order valence-corrected chi connectivity index (χ1v) is 9.76. The molecule has 1 N–H and O–H groups in total. The second kappa shape index (κ2) is 8.19. The van der Waals surface area contributed by atoms with Gasteiger partial charge in [0.25, 0.3) is 0 Å². The summed E-state index contributed by atoms with van der Waals surface area (Å²) >= 11 is 5.90. The molecule has 0 saturated carbocycles. The lowest BCUT2D eigenvalue weighted by atomic mass is 10.1. The Balaban J connectivity index is 2.17. The van der Waals surface area contributed by atoms with E-state index in [0.717, 1.165) is 11.3 Å². The number of rotatable bonds is 7. The predicted octanol–water partition coefficient (Wildman–Crippen LogP) is 2.99. The van der Waals surface area contributed by atoms with E-state index in [0.29, 0.717) is 5.02 Å². The normalized spacial score (nSPS) is 13.0. The van der Waals surface area contributed by atoms with E-state index in [9.17, 15) is 8.42 Å². The molecule has 0 saturated heterocycles. The van der Waals surface area contributed by atoms with E-state index in [1.54, 1.807) is 12.1 Å². The summed E-state index contributed by atoms with van der Waals surface area (Å²) in [6, 6.07) is 14.3. The van der Waals surface area contributed by atoms with Crippen LogP contribution in [0.4, 0.5) is 5.69 Å². The maximum absolute atomic E-state index is 12.5. The minimum atomic E-state index is -3.61. The van der Waals surface area contributed by atoms with Crippen molar-refractivity contribution in [2.45, 2.75) is 10.9 Å². The van der Waals surface area contributed by atoms with E-state index in [2.05, 4.69) is 4.72 Å². The van der Waals surface area contributed by atoms with Gasteiger partial charge in [-0.25, -0.2) is 13.1 Å². The van der Waals surface area contributed by atoms with Gasteiger partial charge in [0.05, 0.1) is 4.90 Å². The fourth-order valence-electron chi connectivity index (χ4n) is 2.50. The number of anilines is 1. The summed E-state index contributed by atoms with van der Waals surface area (Å²) in [4.78, 5) is 4.18. The molecule has 5 nitrogen and oxygen atoms in total. The average molecular weight is 382 g/mol. The first-order valence-electron chi connectivity index (χ1n) is 7.89. The smallest absolute Gasteiger partial charge is 0.240 e. The molecule has 1 atom stereocenters. The van der Waals surface area contributed by atoms with Gasteiger partial charge in [0.1, 0.15) is 0 Å². The van der Waals surface area contributed by atoms with E-state index in [4.69, 9.17) is 11.6 Å². The highest BCUT2D eigenvalue weighted by atomic mass is 35.5. The molecular formula is C18H24ClN3O2S. The van der Waals surface area contributed by atoms with Crippen LogP contribution in [0.1, 0.15) is 11.6 Å². The second-order valence-corrected chi connectivity index (χ2v) is 8.48. The Labute approximate surface area is 155 Å². The van der Waals surface area contributed by atoms with Crippen LogP contribution in [0.25, 0.3) is 0 Å². The number of likely N-dealkylation sites (N-methyl/N-ethyl adjacent to an activating group) is 1. The highest BCUT2D eigenvalue weighted by Crippen LogP contribution is 2.22. The van der Waals surface area contributed by atoms with E-state index in [1.165, 1.54) is 12.1 Å². The molecule has 0 aliphatic heterocycles. The molecule has 0 fully saturated rings. The molecule has 2 aromatic carbocycles. The monoisotopic (exact) mass is 381 g/mol. The molecule has 0 aliphatic rings. The van der Waals surface area contributed by atoms with Crippen molar-refractivity contribution in [2.24, 2.45) is 0 Å². The summed E-state index contributed by atoms with van der Waals surface area (Å²) in [5.41, 5.74) is 2.14. The second-order valence-electron chi connectivity index (χ2n) is 6.27. The van der Waals surface area contributed by atoms with Gasteiger partial charge in [-0.05, 0) is 50.0 Å². The molecule has 0 aliphatic carbocycles. The van der Waals surface area contributed by atoms with Crippen LogP contribution in [0.5, 0.6) is 0 Å². The van der Waals surface area contributed by atoms with Crippen molar-refractivity contribution >= 4 is 27.3 Å². The van der Waals surface area contributed by atoms with Crippen LogP contribution in [-0.2, 0) is 10.0 Å². The third kappa shape index (κ3) is 5.19. The van der Waals surface area contributed by atoms with E-state index < -0.39 is 10.0 Å². The van der Waals surface area contributed by atoms with Crippen LogP contribution in [0, 0.1) is 0 Å². The maximum atomic E-state index is 12.5. The van der Waals surface area contributed by atoms with Gasteiger partial charge in [-0.2, -0.15) is 0 Å². The molecule has 25 heavy (non-hydrogen) atoms. The molecule has 0 amide bonds. The predicted molar refractivity (Wildman–Crippen MR) is 104 cm³/mol. The summed E-state index contributed by atoms with van der Waals surface area (Å²) in [5.74, 6) is 0. The van der Waals surface area contributed by atoms with Crippen LogP contribution < -0.4 is 9.62 Å². The summed E-state index contributed by atoms with van der Waals surface area (Å²) in [7, 11) is 4.21. The molecule has 0 heterocycles. The third-order valence-electron chi connectivity index (χ3n) is 3.99. The van der Waals surface area contributed by atoms with Gasteiger partial charge >= 0.3 is 0 Å². The Morgan fingerprint density at radius 1 is 1.04 bits per heavy atom. The molecule has 0 spiro atoms. The fourth-order valence-corrected chi connectivity index (χ4v) is 3.84. The number of halogens is 1. The summed E-state index contributed by atoms with van der Waals surface area (Å²) in [6.07, 6.45) is 0. The lowest BCUT2D eigenvalue weighted by molar-refractivity contribution is 0.299. The zero-order chi connectivity index (χ0) is 18.6. The maximum Gasteiger partial charge on any atom is 0.240 e. The van der Waals surface area contributed by atoms with Crippen molar-refractivity contribution in [1.82, 2.24) is 9.62 Å². The van der Waals surface area contributed by atoms with Gasteiger partial charge in [0.15, 0.2) is 0 Å². The van der Waals surface area contributed by atoms with Crippen molar-refractivity contribution in [3.05, 3.63) is 59.1 Å². The summed E-state index contributed by atoms with van der Waals surface area (Å²) in [6.45, 7) is 0.267. The largest absolute Gasteiger partial charge is 0.378 e. The van der Waals surface area contributed by atoms with Crippen molar-refractivity contribution in [3.63, 3.8) is 0 Å². The van der Waals surface area contributed by atoms with Gasteiger partial charge in [0, 0.05) is 37.4 Å². The lowest BCUT2D eigenvalue weighted by Crippen LogP contribution is -2.34. The van der Waals surface area contributed by atoms with E-state index in [1.807, 2.05) is 62.3 Å². The topological polar surface area (TPSA) is 52.7 Å². The number of sulfonamides is 1. The highest BCUT2D eigenvalue weighted by Gasteiger charge is 2.20. The number of hydrogen-bond donors (Lipinski definition) is 1. The Bertz CT molecular complexity index is 805. The summed E-state index contributed by atoms with van der Waals surface area (Å²) in [5, 5.41) is 0.395. The standard InChI is InChI=1S/C18H24ClN3O2S/c1-21(2)16-10-8-14(9-11-16)18(22(3)4)13-20-25(23,24)17-7-5-6-15(19)12-17/h5-12,18,20H,13H2,1-4H3. The Morgan fingerprint density at radius 3 is 2.20 bits per heavy atom. The number of nitrogens with zero attached hydrogens (tertiary/aromatic N) is 2. The minimum absolute atomic E-state index is 0.0785. The van der Waals surface area contributed by atoms with Crippen LogP contribution in [0.3, 0.4) is 0 Å². The Kier molecular flexibility index (Phi) is 6.46. The fraction of sp³-hybridized carbons (Fsp3) is 0.333. The van der Waals surface area contributed by atoms with Gasteiger partial charge in [0.2, 0.25) is 10.0 Å². The number of benzene rings is 2. The molecule has 136 valence electrons. The highest BCUT2D eigenvalue weighted by molar-refractivity contribution is 7.89. The molecule has 7 heteroatoms. The molecule has 0 aromatic heterocycles. The molecular weight excluding hydrogens is 358 g/mol. The van der Waals surface area contributed by atoms with Crippen molar-refractivity contribution < 1.29 is 8.42 Å². The first-order chi connectivity index (χ1) is 11.7. The Hall–Kier alpha value is -1.60. The van der Waals surface area contributed by atoms with Crippen LogP contribution >= 0.6 is 11.6 Å². The zero-order valence-corrected chi connectivity index (χ0v) is 16.5. The van der Waals surface area contributed by atoms with Gasteiger partial charge in [-0.1, -0.05) is 29.8 Å². The SMILES string of the molecule is CN(C)c1ccc(C(CNS(=O)(=O)c2cccc(Cl)c2)N(C)C)cc1. The van der Waals surface area contributed by atoms with Crippen LogP contribution in [0.2, 0.25) is 5.02 Å². The summed E-state index contributed by atoms with van der Waals surface area (Å²) < 4.78 is 27.7. The molecule has 2 rings (SSSR count). The number of nitrogens with one attached hydrogen (secondary N) is 1. The van der Waals surface area contributed by atoms with Crippen molar-refractivity contribution in [2.75, 3.05) is 39.6 Å². The number of hydrogen-bond acceptors (Lipinski definition) is 4. The zero-order valence-electron chi connectivity index (χ0n) is 14.9. The Morgan fingerprint density at radius 2 is 1.68 bits per heavy atom. The van der Waals surface area contributed by atoms with Gasteiger partial charge in [-0.3, -0.25) is 0 Å². The molecule has 2 aromatic rings. The van der Waals surface area contributed by atoms with E-state index in [-0.39, 0.29) is 17.5 Å². The molecule has 1 unspecified atom stereocenters. The third-order valence-corrected chi connectivity index (χ3v) is 5.65. The van der Waals surface area contributed by atoms with Crippen LogP contribution in [0.15, 0.2) is 53.4 Å². The van der Waals surface area contributed by atoms with Crippen molar-refractivity contribution in [1.29, 1.82) is 0 Å². The molecule has 0 bridgehead atoms. The lowest BCUT2D eigenvalue weighted by Gasteiger charge is -2.25.